The lowest BCUT2D eigenvalue weighted by Gasteiger charge is -2.36. The van der Waals surface area contributed by atoms with E-state index in [0.29, 0.717) is 39.5 Å². The predicted octanol–water partition coefficient (Wildman–Crippen LogP) is 5.35. The zero-order chi connectivity index (χ0) is 27.2. The van der Waals surface area contributed by atoms with E-state index < -0.39 is 22.7 Å². The first-order valence-corrected chi connectivity index (χ1v) is 12.6. The van der Waals surface area contributed by atoms with Crippen molar-refractivity contribution >= 4 is 28.6 Å². The number of carbonyl (C=O) groups excluding carboxylic acids is 1. The third kappa shape index (κ3) is 4.32. The first-order valence-electron chi connectivity index (χ1n) is 12.6. The average molecular weight is 521 g/mol. The summed E-state index contributed by atoms with van der Waals surface area (Å²) in [6, 6.07) is 13.3. The number of nitrogens with one attached hydrogen (secondary N) is 3. The van der Waals surface area contributed by atoms with Crippen molar-refractivity contribution in [1.82, 2.24) is 24.9 Å². The van der Waals surface area contributed by atoms with Gasteiger partial charge in [0.05, 0.1) is 23.4 Å². The van der Waals surface area contributed by atoms with Crippen molar-refractivity contribution in [2.24, 2.45) is 0 Å². The number of hydrogen-bond donors (Lipinski definition) is 3. The maximum Gasteiger partial charge on any atom is 0.251 e. The summed E-state index contributed by atoms with van der Waals surface area (Å²) in [7, 11) is 0. The molecule has 0 bridgehead atoms. The zero-order valence-electron chi connectivity index (χ0n) is 21.4. The van der Waals surface area contributed by atoms with Gasteiger partial charge in [-0.25, -0.2) is 24.3 Å². The van der Waals surface area contributed by atoms with Gasteiger partial charge in [0.25, 0.3) is 5.91 Å². The van der Waals surface area contributed by atoms with E-state index in [0.717, 1.165) is 18.4 Å². The number of halogens is 1. The Morgan fingerprint density at radius 2 is 2.00 bits per heavy atom. The van der Waals surface area contributed by atoms with Crippen LogP contribution in [0.1, 0.15) is 38.7 Å². The maximum atomic E-state index is 15.3. The second-order valence-electron chi connectivity index (χ2n) is 10.2. The minimum atomic E-state index is -0.949. The third-order valence-corrected chi connectivity index (χ3v) is 7.64. The van der Waals surface area contributed by atoms with E-state index in [1.165, 1.54) is 12.4 Å². The minimum absolute atomic E-state index is 0.221. The lowest BCUT2D eigenvalue weighted by Crippen LogP contribution is -2.40. The van der Waals surface area contributed by atoms with Crippen LogP contribution in [0.2, 0.25) is 0 Å². The molecule has 3 aromatic heterocycles. The van der Waals surface area contributed by atoms with Gasteiger partial charge in [0.1, 0.15) is 29.2 Å². The fourth-order valence-corrected chi connectivity index (χ4v) is 5.00. The van der Waals surface area contributed by atoms with Crippen LogP contribution in [-0.2, 0) is 10.2 Å². The molecule has 194 valence electrons. The maximum absolute atomic E-state index is 15.3. The Balaban J connectivity index is 1.28. The van der Waals surface area contributed by atoms with Crippen molar-refractivity contribution in [2.75, 3.05) is 10.6 Å². The number of aromatic amines is 1. The molecule has 3 heterocycles. The Hall–Kier alpha value is -4.91. The van der Waals surface area contributed by atoms with E-state index in [2.05, 4.69) is 41.6 Å². The van der Waals surface area contributed by atoms with Gasteiger partial charge in [-0.3, -0.25) is 4.79 Å². The molecule has 0 aliphatic heterocycles. The summed E-state index contributed by atoms with van der Waals surface area (Å²) in [5.41, 5.74) is 3.25. The standard InChI is InChI=1S/C29H25FN8O/c1-17-22(30)11-18(27(39)37-20-6-3-5-19(12-20)29(14-31)8-9-29)13-28(17,2)38-25-21(7-4-10-32-25)23-24-26(35-15-33-23)36-16-34-24/h3-7,10-12,15-16H,8-9,13H2,1-2H3,(H,32,38)(H,37,39)(H,33,34,35,36). The number of aromatic nitrogens is 5. The van der Waals surface area contributed by atoms with E-state index >= 15 is 4.39 Å². The first kappa shape index (κ1) is 24.4. The summed E-state index contributed by atoms with van der Waals surface area (Å²) in [6.07, 6.45) is 7.75. The van der Waals surface area contributed by atoms with Crippen LogP contribution in [0.5, 0.6) is 0 Å². The number of rotatable bonds is 6. The van der Waals surface area contributed by atoms with Crippen molar-refractivity contribution in [3.05, 3.63) is 83.9 Å². The molecule has 2 aliphatic carbocycles. The molecule has 1 atom stereocenters. The van der Waals surface area contributed by atoms with Crippen LogP contribution in [0.4, 0.5) is 15.9 Å². The molecular weight excluding hydrogens is 495 g/mol. The minimum Gasteiger partial charge on any atom is -0.360 e. The Morgan fingerprint density at radius 1 is 1.15 bits per heavy atom. The summed E-state index contributed by atoms with van der Waals surface area (Å²) >= 11 is 0. The van der Waals surface area contributed by atoms with Gasteiger partial charge >= 0.3 is 0 Å². The predicted molar refractivity (Wildman–Crippen MR) is 145 cm³/mol. The number of H-pyrrole nitrogens is 1. The molecule has 1 aromatic carbocycles. The van der Waals surface area contributed by atoms with Crippen LogP contribution < -0.4 is 10.6 Å². The summed E-state index contributed by atoms with van der Waals surface area (Å²) in [5, 5.41) is 15.8. The number of nitriles is 1. The highest BCUT2D eigenvalue weighted by atomic mass is 19.1. The number of imidazole rings is 1. The van der Waals surface area contributed by atoms with Gasteiger partial charge in [-0.05, 0) is 68.2 Å². The lowest BCUT2D eigenvalue weighted by molar-refractivity contribution is -0.113. The summed E-state index contributed by atoms with van der Waals surface area (Å²) in [4.78, 5) is 33.7. The lowest BCUT2D eigenvalue weighted by atomic mass is 9.80. The number of benzene rings is 1. The Morgan fingerprint density at radius 3 is 2.79 bits per heavy atom. The molecule has 2 aliphatic rings. The molecule has 1 fully saturated rings. The molecule has 6 rings (SSSR count). The van der Waals surface area contributed by atoms with Crippen LogP contribution in [0, 0.1) is 11.3 Å². The molecule has 4 aromatic rings. The quantitative estimate of drug-likeness (QED) is 0.312. The van der Waals surface area contributed by atoms with E-state index in [-0.39, 0.29) is 12.0 Å². The SMILES string of the molecule is CC1=C(F)C=C(C(=O)Nc2cccc(C3(C#N)CC3)c2)CC1(C)Nc1ncccc1-c1ncnc2nc[nH]c12. The molecule has 0 radical (unpaired) electrons. The van der Waals surface area contributed by atoms with Gasteiger partial charge in [0, 0.05) is 29.4 Å². The van der Waals surface area contributed by atoms with Gasteiger partial charge in [-0.15, -0.1) is 0 Å². The number of allylic oxidation sites excluding steroid dienone is 2. The summed E-state index contributed by atoms with van der Waals surface area (Å²) in [5.74, 6) is -0.393. The largest absolute Gasteiger partial charge is 0.360 e. The van der Waals surface area contributed by atoms with Gasteiger partial charge in [-0.2, -0.15) is 5.26 Å². The zero-order valence-corrected chi connectivity index (χ0v) is 21.4. The molecule has 3 N–H and O–H groups in total. The third-order valence-electron chi connectivity index (χ3n) is 7.64. The van der Waals surface area contributed by atoms with Crippen LogP contribution >= 0.6 is 0 Å². The highest BCUT2D eigenvalue weighted by molar-refractivity contribution is 6.04. The van der Waals surface area contributed by atoms with Crippen molar-refractivity contribution in [2.45, 2.75) is 44.1 Å². The van der Waals surface area contributed by atoms with Crippen LogP contribution in [0.15, 0.2) is 78.3 Å². The van der Waals surface area contributed by atoms with Crippen LogP contribution in [0.3, 0.4) is 0 Å². The van der Waals surface area contributed by atoms with Gasteiger partial charge < -0.3 is 15.6 Å². The summed E-state index contributed by atoms with van der Waals surface area (Å²) < 4.78 is 15.3. The second kappa shape index (κ2) is 9.13. The van der Waals surface area contributed by atoms with Crippen molar-refractivity contribution in [3.63, 3.8) is 0 Å². The Labute approximate surface area is 223 Å². The van der Waals surface area contributed by atoms with Crippen molar-refractivity contribution < 1.29 is 9.18 Å². The Kier molecular flexibility index (Phi) is 5.72. The van der Waals surface area contributed by atoms with Crippen LogP contribution in [-0.4, -0.2) is 36.4 Å². The van der Waals surface area contributed by atoms with Gasteiger partial charge in [-0.1, -0.05) is 12.1 Å². The fourth-order valence-electron chi connectivity index (χ4n) is 5.00. The second-order valence-corrected chi connectivity index (χ2v) is 10.2. The van der Waals surface area contributed by atoms with E-state index in [1.54, 1.807) is 31.6 Å². The van der Waals surface area contributed by atoms with Gasteiger partial charge in [0.15, 0.2) is 5.65 Å². The molecule has 9 nitrogen and oxygen atoms in total. The molecule has 39 heavy (non-hydrogen) atoms. The number of anilines is 2. The van der Waals surface area contributed by atoms with E-state index in [9.17, 15) is 10.1 Å². The number of carbonyl (C=O) groups is 1. The highest BCUT2D eigenvalue weighted by Gasteiger charge is 2.45. The molecule has 1 amide bonds. The molecule has 1 unspecified atom stereocenters. The molecule has 10 heteroatoms. The van der Waals surface area contributed by atoms with E-state index in [1.807, 2.05) is 31.2 Å². The molecule has 0 saturated heterocycles. The number of hydrogen-bond acceptors (Lipinski definition) is 7. The molecule has 1 saturated carbocycles. The number of pyridine rings is 1. The fraction of sp³-hybridized carbons (Fsp3) is 0.241. The first-order chi connectivity index (χ1) is 18.8. The van der Waals surface area contributed by atoms with Crippen molar-refractivity contribution in [1.29, 1.82) is 5.26 Å². The molecule has 0 spiro atoms. The highest BCUT2D eigenvalue weighted by Crippen LogP contribution is 2.48. The molecular formula is C29H25FN8O. The topological polar surface area (TPSA) is 132 Å². The van der Waals surface area contributed by atoms with Crippen molar-refractivity contribution in [3.8, 4) is 17.3 Å². The van der Waals surface area contributed by atoms with Crippen LogP contribution in [0.25, 0.3) is 22.4 Å². The monoisotopic (exact) mass is 520 g/mol. The normalized spacial score (nSPS) is 19.8. The Bertz CT molecular complexity index is 1730. The number of nitrogens with zero attached hydrogens (tertiary/aromatic N) is 5. The smallest absolute Gasteiger partial charge is 0.251 e. The number of fused-ring (bicyclic) bond motifs is 1. The summed E-state index contributed by atoms with van der Waals surface area (Å²) in [6.45, 7) is 3.55. The number of amides is 1. The average Bonchev–Trinajstić information content (AvgIpc) is 3.60. The van der Waals surface area contributed by atoms with Gasteiger partial charge in [0.2, 0.25) is 0 Å². The van der Waals surface area contributed by atoms with E-state index in [4.69, 9.17) is 0 Å².